The van der Waals surface area contributed by atoms with Crippen LogP contribution in [0, 0.1) is 5.82 Å². The highest BCUT2D eigenvalue weighted by Crippen LogP contribution is 2.32. The van der Waals surface area contributed by atoms with E-state index in [2.05, 4.69) is 25.2 Å². The van der Waals surface area contributed by atoms with Gasteiger partial charge in [0, 0.05) is 67.8 Å². The second kappa shape index (κ2) is 12.8. The molecule has 5 aromatic rings. The number of pyridine rings is 3. The fourth-order valence-electron chi connectivity index (χ4n) is 4.73. The van der Waals surface area contributed by atoms with E-state index in [0.29, 0.717) is 40.3 Å². The van der Waals surface area contributed by atoms with Gasteiger partial charge in [-0.1, -0.05) is 30.3 Å². The molecule has 0 radical (unpaired) electrons. The number of halogens is 1. The number of benzene rings is 2. The Morgan fingerprint density at radius 3 is 2.67 bits per heavy atom. The molecule has 3 aromatic heterocycles. The Labute approximate surface area is 246 Å². The van der Waals surface area contributed by atoms with Gasteiger partial charge in [-0.25, -0.2) is 9.37 Å². The Kier molecular flexibility index (Phi) is 8.34. The van der Waals surface area contributed by atoms with Crippen molar-refractivity contribution in [3.8, 4) is 28.5 Å². The van der Waals surface area contributed by atoms with Crippen molar-refractivity contribution in [1.82, 2.24) is 19.9 Å². The monoisotopic (exact) mass is 581 g/mol. The lowest BCUT2D eigenvalue weighted by Crippen LogP contribution is -2.38. The minimum absolute atomic E-state index is 0.0553. The van der Waals surface area contributed by atoms with E-state index in [1.54, 1.807) is 55.0 Å². The number of anilines is 1. The SMILES string of the molecule is O=C(Nc1ccc(Oc2ccnc3cc(OCCN4CCOCC4)ncc23)c(F)c1)c1c[nH]cc(-c2ccccc2)c1=O. The number of carbonyl (C=O) groups is 1. The van der Waals surface area contributed by atoms with Gasteiger partial charge in [-0.15, -0.1) is 0 Å². The molecule has 0 bridgehead atoms. The Hall–Kier alpha value is -5.13. The quantitative estimate of drug-likeness (QED) is 0.253. The normalized spacial score (nSPS) is 13.5. The van der Waals surface area contributed by atoms with Gasteiger partial charge in [0.25, 0.3) is 5.91 Å². The van der Waals surface area contributed by atoms with Crippen molar-refractivity contribution in [2.45, 2.75) is 0 Å². The second-order valence-electron chi connectivity index (χ2n) is 9.83. The van der Waals surface area contributed by atoms with Crippen LogP contribution in [0.5, 0.6) is 17.4 Å². The van der Waals surface area contributed by atoms with E-state index < -0.39 is 17.2 Å². The first kappa shape index (κ1) is 28.0. The molecule has 0 spiro atoms. The third kappa shape index (κ3) is 6.53. The summed E-state index contributed by atoms with van der Waals surface area (Å²) >= 11 is 0. The number of rotatable bonds is 9. The molecule has 2 N–H and O–H groups in total. The average Bonchev–Trinajstić information content (AvgIpc) is 3.03. The minimum atomic E-state index is -0.703. The van der Waals surface area contributed by atoms with Crippen molar-refractivity contribution in [3.63, 3.8) is 0 Å². The number of hydrogen-bond acceptors (Lipinski definition) is 8. The largest absolute Gasteiger partial charge is 0.476 e. The summed E-state index contributed by atoms with van der Waals surface area (Å²) in [6.45, 7) is 4.46. The van der Waals surface area contributed by atoms with E-state index in [9.17, 15) is 9.59 Å². The molecule has 11 heteroatoms. The zero-order valence-electron chi connectivity index (χ0n) is 23.1. The summed E-state index contributed by atoms with van der Waals surface area (Å²) in [6.07, 6.45) is 6.00. The summed E-state index contributed by atoms with van der Waals surface area (Å²) in [4.78, 5) is 39.7. The third-order valence-corrected chi connectivity index (χ3v) is 7.01. The van der Waals surface area contributed by atoms with Crippen molar-refractivity contribution < 1.29 is 23.4 Å². The Balaban J connectivity index is 1.13. The number of morpholine rings is 1. The van der Waals surface area contributed by atoms with Gasteiger partial charge in [-0.05, 0) is 23.8 Å². The molecule has 4 heterocycles. The van der Waals surface area contributed by atoms with Gasteiger partial charge < -0.3 is 24.5 Å². The molecule has 2 aromatic carbocycles. The molecule has 6 rings (SSSR count). The Morgan fingerprint density at radius 1 is 1.02 bits per heavy atom. The van der Waals surface area contributed by atoms with E-state index in [1.807, 2.05) is 6.07 Å². The summed E-state index contributed by atoms with van der Waals surface area (Å²) in [5, 5.41) is 3.17. The highest BCUT2D eigenvalue weighted by Gasteiger charge is 2.17. The lowest BCUT2D eigenvalue weighted by atomic mass is 10.1. The topological polar surface area (TPSA) is 119 Å². The van der Waals surface area contributed by atoms with Gasteiger partial charge in [0.05, 0.1) is 24.1 Å². The number of amides is 1. The average molecular weight is 582 g/mol. The van der Waals surface area contributed by atoms with E-state index in [1.165, 1.54) is 18.3 Å². The molecule has 0 saturated carbocycles. The molecule has 218 valence electrons. The number of aromatic amines is 1. The van der Waals surface area contributed by atoms with Crippen LogP contribution in [0.1, 0.15) is 10.4 Å². The van der Waals surface area contributed by atoms with Gasteiger partial charge in [0.2, 0.25) is 11.3 Å². The predicted molar refractivity (Wildman–Crippen MR) is 159 cm³/mol. The van der Waals surface area contributed by atoms with Crippen LogP contribution in [0.3, 0.4) is 0 Å². The minimum Gasteiger partial charge on any atom is -0.476 e. The number of H-pyrrole nitrogens is 1. The second-order valence-corrected chi connectivity index (χ2v) is 9.83. The first-order chi connectivity index (χ1) is 21.0. The van der Waals surface area contributed by atoms with Gasteiger partial charge in [-0.3, -0.25) is 19.5 Å². The van der Waals surface area contributed by atoms with Crippen molar-refractivity contribution in [3.05, 3.63) is 107 Å². The van der Waals surface area contributed by atoms with E-state index >= 15 is 4.39 Å². The van der Waals surface area contributed by atoms with E-state index in [-0.39, 0.29) is 17.0 Å². The van der Waals surface area contributed by atoms with Crippen LogP contribution >= 0.6 is 0 Å². The van der Waals surface area contributed by atoms with Crippen molar-refractivity contribution in [2.75, 3.05) is 44.8 Å². The van der Waals surface area contributed by atoms with Crippen LogP contribution in [-0.4, -0.2) is 65.2 Å². The van der Waals surface area contributed by atoms with Crippen LogP contribution in [0.15, 0.2) is 90.2 Å². The fraction of sp³-hybridized carbons (Fsp3) is 0.188. The van der Waals surface area contributed by atoms with Crippen LogP contribution in [-0.2, 0) is 4.74 Å². The number of aromatic nitrogens is 3. The number of carbonyl (C=O) groups excluding carboxylic acids is 1. The molecular formula is C32H28FN5O5. The summed E-state index contributed by atoms with van der Waals surface area (Å²) in [5.41, 5.74) is 1.25. The number of fused-ring (bicyclic) bond motifs is 1. The maximum atomic E-state index is 15.1. The number of nitrogens with zero attached hydrogens (tertiary/aromatic N) is 3. The van der Waals surface area contributed by atoms with Crippen LogP contribution in [0.25, 0.3) is 22.0 Å². The molecule has 43 heavy (non-hydrogen) atoms. The van der Waals surface area contributed by atoms with Crippen LogP contribution < -0.4 is 20.2 Å². The molecule has 0 atom stereocenters. The highest BCUT2D eigenvalue weighted by atomic mass is 19.1. The predicted octanol–water partition coefficient (Wildman–Crippen LogP) is 4.88. The van der Waals surface area contributed by atoms with Crippen molar-refractivity contribution in [1.29, 1.82) is 0 Å². The maximum Gasteiger partial charge on any atom is 0.261 e. The molecule has 1 aliphatic rings. The van der Waals surface area contributed by atoms with Crippen molar-refractivity contribution >= 4 is 22.5 Å². The first-order valence-corrected chi connectivity index (χ1v) is 13.8. The van der Waals surface area contributed by atoms with E-state index in [4.69, 9.17) is 14.2 Å². The molecule has 1 aliphatic heterocycles. The summed E-state index contributed by atoms with van der Waals surface area (Å²) < 4.78 is 32.2. The highest BCUT2D eigenvalue weighted by molar-refractivity contribution is 6.04. The first-order valence-electron chi connectivity index (χ1n) is 13.8. The summed E-state index contributed by atoms with van der Waals surface area (Å²) in [6, 6.07) is 16.4. The van der Waals surface area contributed by atoms with Gasteiger partial charge in [0.15, 0.2) is 11.6 Å². The third-order valence-electron chi connectivity index (χ3n) is 7.01. The van der Waals surface area contributed by atoms with Gasteiger partial charge >= 0.3 is 0 Å². The molecule has 1 amide bonds. The molecule has 1 fully saturated rings. The van der Waals surface area contributed by atoms with Crippen LogP contribution in [0.4, 0.5) is 10.1 Å². The van der Waals surface area contributed by atoms with Gasteiger partial charge in [-0.2, -0.15) is 0 Å². The molecule has 0 unspecified atom stereocenters. The summed E-state index contributed by atoms with van der Waals surface area (Å²) in [5.74, 6) is -0.630. The lowest BCUT2D eigenvalue weighted by Gasteiger charge is -2.26. The van der Waals surface area contributed by atoms with Gasteiger partial charge in [0.1, 0.15) is 17.9 Å². The number of ether oxygens (including phenoxy) is 3. The Bertz CT molecular complexity index is 1810. The number of nitrogens with one attached hydrogen (secondary N) is 2. The van der Waals surface area contributed by atoms with Crippen LogP contribution in [0.2, 0.25) is 0 Å². The molecule has 1 saturated heterocycles. The standard InChI is InChI=1S/C32H28FN5O5/c33-26-16-22(37-32(40)25-19-34-18-23(31(25)39)21-4-2-1-3-5-21)6-7-29(26)43-28-8-9-35-27-17-30(36-20-24(27)28)42-15-12-38-10-13-41-14-11-38/h1-9,16-20H,10-15H2,(H,34,39)(H,37,40). The molecular weight excluding hydrogens is 553 g/mol. The molecule has 10 nitrogen and oxygen atoms in total. The van der Waals surface area contributed by atoms with Crippen molar-refractivity contribution in [2.24, 2.45) is 0 Å². The number of hydrogen-bond donors (Lipinski definition) is 2. The maximum absolute atomic E-state index is 15.1. The smallest absolute Gasteiger partial charge is 0.261 e. The lowest BCUT2D eigenvalue weighted by molar-refractivity contribution is 0.0320. The van der Waals surface area contributed by atoms with E-state index in [0.717, 1.165) is 38.9 Å². The zero-order valence-corrected chi connectivity index (χ0v) is 23.1. The summed E-state index contributed by atoms with van der Waals surface area (Å²) in [7, 11) is 0. The molecule has 0 aliphatic carbocycles. The fourth-order valence-corrected chi connectivity index (χ4v) is 4.73. The Morgan fingerprint density at radius 2 is 1.86 bits per heavy atom. The zero-order chi connectivity index (χ0) is 29.6.